The van der Waals surface area contributed by atoms with E-state index in [4.69, 9.17) is 9.47 Å². The van der Waals surface area contributed by atoms with Gasteiger partial charge in [-0.3, -0.25) is 0 Å². The highest BCUT2D eigenvalue weighted by molar-refractivity contribution is 5.87. The number of tetrazole rings is 1. The van der Waals surface area contributed by atoms with E-state index in [0.717, 1.165) is 35.2 Å². The van der Waals surface area contributed by atoms with Crippen LogP contribution in [-0.2, 0) is 18.4 Å². The molecule has 2 aromatic heterocycles. The predicted molar refractivity (Wildman–Crippen MR) is 119 cm³/mol. The fraction of sp³-hybridized carbons (Fsp3) is 0.304. The van der Waals surface area contributed by atoms with E-state index in [2.05, 4.69) is 20.0 Å². The number of benzene rings is 2. The molecule has 9 heteroatoms. The van der Waals surface area contributed by atoms with Crippen molar-refractivity contribution in [2.24, 2.45) is 7.05 Å². The molecular formula is C23H25N5O4. The van der Waals surface area contributed by atoms with Crippen LogP contribution in [-0.4, -0.2) is 48.1 Å². The summed E-state index contributed by atoms with van der Waals surface area (Å²) < 4.78 is 13.7. The minimum atomic E-state index is -1.30. The van der Waals surface area contributed by atoms with Gasteiger partial charge < -0.3 is 19.1 Å². The fourth-order valence-corrected chi connectivity index (χ4v) is 3.32. The molecule has 2 heterocycles. The third-order valence-electron chi connectivity index (χ3n) is 5.09. The van der Waals surface area contributed by atoms with Gasteiger partial charge in [-0.15, -0.1) is 10.2 Å². The third-order valence-corrected chi connectivity index (χ3v) is 5.09. The van der Waals surface area contributed by atoms with E-state index in [1.807, 2.05) is 48.7 Å². The number of carboxylic acids is 1. The molecular weight excluding hydrogens is 410 g/mol. The number of carbonyl (C=O) groups is 1. The van der Waals surface area contributed by atoms with Crippen LogP contribution in [0.2, 0.25) is 0 Å². The van der Waals surface area contributed by atoms with Gasteiger partial charge >= 0.3 is 5.97 Å². The van der Waals surface area contributed by atoms with E-state index in [1.165, 1.54) is 4.80 Å². The first kappa shape index (κ1) is 21.4. The van der Waals surface area contributed by atoms with Gasteiger partial charge in [-0.05, 0) is 67.9 Å². The number of aryl methyl sites for hydroxylation is 2. The molecule has 0 saturated heterocycles. The van der Waals surface area contributed by atoms with Crippen molar-refractivity contribution >= 4 is 16.9 Å². The Kier molecular flexibility index (Phi) is 5.81. The van der Waals surface area contributed by atoms with Crippen molar-refractivity contribution < 1.29 is 19.4 Å². The summed E-state index contributed by atoms with van der Waals surface area (Å²) in [5.41, 5.74) is 0.570. The summed E-state index contributed by atoms with van der Waals surface area (Å²) in [5.74, 6) is 0.907. The lowest BCUT2D eigenvalue weighted by molar-refractivity contribution is -0.152. The standard InChI is InChI=1S/C23H25N5O4/c1-23(2,22(29)30)32-20-7-4-6-19-18(20)12-14-28(19)13-5-15-31-17-10-8-16(9-11-17)21-24-26-27(3)25-21/h4,6-12,14H,5,13,15H2,1-3H3,(H,29,30). The van der Waals surface area contributed by atoms with Gasteiger partial charge in [0.15, 0.2) is 5.60 Å². The number of carboxylic acid groups (broad SMARTS) is 1. The van der Waals surface area contributed by atoms with Crippen LogP contribution in [0.1, 0.15) is 20.3 Å². The number of nitrogens with zero attached hydrogens (tertiary/aromatic N) is 5. The quantitative estimate of drug-likeness (QED) is 0.401. The van der Waals surface area contributed by atoms with Crippen molar-refractivity contribution in [3.05, 3.63) is 54.7 Å². The van der Waals surface area contributed by atoms with Crippen LogP contribution in [0.4, 0.5) is 0 Å². The molecule has 0 unspecified atom stereocenters. The zero-order valence-electron chi connectivity index (χ0n) is 18.2. The SMILES string of the molecule is Cn1nnc(-c2ccc(OCCCn3ccc4c(OC(C)(C)C(=O)O)cccc43)cc2)n1. The second-order valence-electron chi connectivity index (χ2n) is 7.94. The van der Waals surface area contributed by atoms with Gasteiger partial charge in [0.2, 0.25) is 5.82 Å². The van der Waals surface area contributed by atoms with Crippen LogP contribution in [0.25, 0.3) is 22.3 Å². The van der Waals surface area contributed by atoms with Crippen LogP contribution < -0.4 is 9.47 Å². The topological polar surface area (TPSA) is 104 Å². The summed E-state index contributed by atoms with van der Waals surface area (Å²) in [6, 6.07) is 15.2. The molecule has 1 N–H and O–H groups in total. The molecule has 9 nitrogen and oxygen atoms in total. The van der Waals surface area contributed by atoms with Crippen molar-refractivity contribution in [3.8, 4) is 22.9 Å². The molecule has 0 aliphatic carbocycles. The number of rotatable bonds is 9. The normalized spacial score (nSPS) is 11.6. The molecule has 4 rings (SSSR count). The number of aliphatic carboxylic acids is 1. The van der Waals surface area contributed by atoms with Gasteiger partial charge in [0, 0.05) is 23.7 Å². The Hall–Kier alpha value is -3.88. The van der Waals surface area contributed by atoms with Gasteiger partial charge in [0.05, 0.1) is 19.2 Å². The summed E-state index contributed by atoms with van der Waals surface area (Å²) in [6.07, 6.45) is 2.79. The fourth-order valence-electron chi connectivity index (χ4n) is 3.32. The molecule has 166 valence electrons. The smallest absolute Gasteiger partial charge is 0.347 e. The number of hydrogen-bond donors (Lipinski definition) is 1. The number of ether oxygens (including phenoxy) is 2. The van der Waals surface area contributed by atoms with Crippen LogP contribution in [0.3, 0.4) is 0 Å². The first-order chi connectivity index (χ1) is 15.3. The third kappa shape index (κ3) is 4.56. The Balaban J connectivity index is 1.35. The van der Waals surface area contributed by atoms with Crippen LogP contribution >= 0.6 is 0 Å². The lowest BCUT2D eigenvalue weighted by Gasteiger charge is -2.22. The molecule has 0 aliphatic rings. The minimum absolute atomic E-state index is 0.558. The minimum Gasteiger partial charge on any atom is -0.494 e. The lowest BCUT2D eigenvalue weighted by Crippen LogP contribution is -2.37. The van der Waals surface area contributed by atoms with Crippen LogP contribution in [0.15, 0.2) is 54.7 Å². The average Bonchev–Trinajstić information content (AvgIpc) is 3.38. The van der Waals surface area contributed by atoms with Crippen molar-refractivity contribution in [3.63, 3.8) is 0 Å². The molecule has 0 atom stereocenters. The molecule has 0 aliphatic heterocycles. The maximum Gasteiger partial charge on any atom is 0.347 e. The summed E-state index contributed by atoms with van der Waals surface area (Å²) in [6.45, 7) is 4.40. The van der Waals surface area contributed by atoms with Crippen molar-refractivity contribution in [1.29, 1.82) is 0 Å². The zero-order chi connectivity index (χ0) is 22.7. The Labute approximate surface area is 185 Å². The maximum atomic E-state index is 11.4. The molecule has 32 heavy (non-hydrogen) atoms. The summed E-state index contributed by atoms with van der Waals surface area (Å²) in [5, 5.41) is 22.2. The molecule has 4 aromatic rings. The van der Waals surface area contributed by atoms with Gasteiger partial charge in [-0.2, -0.15) is 4.80 Å². The van der Waals surface area contributed by atoms with Gasteiger partial charge in [-0.1, -0.05) is 6.07 Å². The molecule has 0 spiro atoms. The first-order valence-corrected chi connectivity index (χ1v) is 10.3. The summed E-state index contributed by atoms with van der Waals surface area (Å²) in [7, 11) is 1.73. The maximum absolute atomic E-state index is 11.4. The molecule has 0 saturated carbocycles. The zero-order valence-corrected chi connectivity index (χ0v) is 18.2. The van der Waals surface area contributed by atoms with Gasteiger partial charge in [0.25, 0.3) is 0 Å². The van der Waals surface area contributed by atoms with Crippen molar-refractivity contribution in [2.45, 2.75) is 32.4 Å². The second kappa shape index (κ2) is 8.70. The van der Waals surface area contributed by atoms with Crippen LogP contribution in [0, 0.1) is 0 Å². The second-order valence-corrected chi connectivity index (χ2v) is 7.94. The van der Waals surface area contributed by atoms with E-state index in [0.29, 0.717) is 18.2 Å². The highest BCUT2D eigenvalue weighted by Crippen LogP contribution is 2.30. The average molecular weight is 435 g/mol. The highest BCUT2D eigenvalue weighted by atomic mass is 16.5. The Morgan fingerprint density at radius 1 is 1.12 bits per heavy atom. The largest absolute Gasteiger partial charge is 0.494 e. The van der Waals surface area contributed by atoms with E-state index in [1.54, 1.807) is 27.0 Å². The van der Waals surface area contributed by atoms with Crippen molar-refractivity contribution in [1.82, 2.24) is 24.8 Å². The van der Waals surface area contributed by atoms with E-state index < -0.39 is 11.6 Å². The van der Waals surface area contributed by atoms with Crippen molar-refractivity contribution in [2.75, 3.05) is 6.61 Å². The first-order valence-electron chi connectivity index (χ1n) is 10.3. The van der Waals surface area contributed by atoms with Gasteiger partial charge in [-0.25, -0.2) is 4.79 Å². The molecule has 0 bridgehead atoms. The Morgan fingerprint density at radius 2 is 1.91 bits per heavy atom. The molecule has 0 amide bonds. The van der Waals surface area contributed by atoms with Crippen LogP contribution in [0.5, 0.6) is 11.5 Å². The molecule has 0 fully saturated rings. The predicted octanol–water partition coefficient (Wildman–Crippen LogP) is 3.54. The number of aromatic nitrogens is 5. The summed E-state index contributed by atoms with van der Waals surface area (Å²) in [4.78, 5) is 12.8. The monoisotopic (exact) mass is 435 g/mol. The molecule has 2 aromatic carbocycles. The molecule has 0 radical (unpaired) electrons. The Morgan fingerprint density at radius 3 is 2.59 bits per heavy atom. The summed E-state index contributed by atoms with van der Waals surface area (Å²) >= 11 is 0. The van der Waals surface area contributed by atoms with E-state index in [-0.39, 0.29) is 0 Å². The number of hydrogen-bond acceptors (Lipinski definition) is 6. The highest BCUT2D eigenvalue weighted by Gasteiger charge is 2.30. The lowest BCUT2D eigenvalue weighted by atomic mass is 10.1. The number of fused-ring (bicyclic) bond motifs is 1. The Bertz CT molecular complexity index is 1230. The van der Waals surface area contributed by atoms with Gasteiger partial charge in [0.1, 0.15) is 11.5 Å². The van der Waals surface area contributed by atoms with E-state index in [9.17, 15) is 9.90 Å². The van der Waals surface area contributed by atoms with E-state index >= 15 is 0 Å².